The molecule has 1 aromatic heterocycles. The molecule has 0 fully saturated rings. The van der Waals surface area contributed by atoms with Gasteiger partial charge in [0.1, 0.15) is 11.3 Å². The van der Waals surface area contributed by atoms with Crippen LogP contribution in [0.15, 0.2) is 36.4 Å². The van der Waals surface area contributed by atoms with E-state index in [1.165, 1.54) is 21.3 Å². The minimum atomic E-state index is -0.180. The summed E-state index contributed by atoms with van der Waals surface area (Å²) in [7, 11) is 4.61. The van der Waals surface area contributed by atoms with Crippen molar-refractivity contribution in [1.82, 2.24) is 10.3 Å². The number of guanidine groups is 1. The van der Waals surface area contributed by atoms with Crippen molar-refractivity contribution in [3.05, 3.63) is 42.0 Å². The zero-order valence-electron chi connectivity index (χ0n) is 16.6. The summed E-state index contributed by atoms with van der Waals surface area (Å²) in [4.78, 5) is 15.6. The third-order valence-corrected chi connectivity index (χ3v) is 4.49. The summed E-state index contributed by atoms with van der Waals surface area (Å²) in [5.41, 5.74) is 3.68. The van der Waals surface area contributed by atoms with Crippen LogP contribution in [0.1, 0.15) is 5.56 Å². The molecule has 0 saturated heterocycles. The molecule has 1 amide bonds. The summed E-state index contributed by atoms with van der Waals surface area (Å²) in [5, 5.41) is 13.7. The number of ether oxygens (including phenoxy) is 3. The SMILES string of the molecule is COc1cc(OC)c2c(NC(=N)NC=O)cc(-c3ccccc3C)nc2c1OC. The molecule has 8 heteroatoms. The molecule has 0 atom stereocenters. The molecule has 150 valence electrons. The molecule has 0 spiro atoms. The zero-order valence-corrected chi connectivity index (χ0v) is 16.6. The Bertz CT molecular complexity index is 1080. The van der Waals surface area contributed by atoms with Gasteiger partial charge >= 0.3 is 0 Å². The molecule has 2 aromatic carbocycles. The number of nitrogens with zero attached hydrogens (tertiary/aromatic N) is 1. The average Bonchev–Trinajstić information content (AvgIpc) is 2.72. The standard InChI is InChI=1S/C21H22N4O4/c1-12-7-5-6-8-13(12)14-9-15(25-21(22)23-11-26)18-16(27-2)10-17(28-3)20(29-4)19(18)24-14/h5-11H,1-4H3,(H3,22,23,24,25,26). The lowest BCUT2D eigenvalue weighted by Gasteiger charge is -2.18. The molecule has 29 heavy (non-hydrogen) atoms. The topological polar surface area (TPSA) is 106 Å². The third kappa shape index (κ3) is 3.77. The van der Waals surface area contributed by atoms with Gasteiger partial charge < -0.3 is 19.5 Å². The van der Waals surface area contributed by atoms with E-state index in [9.17, 15) is 4.79 Å². The summed E-state index contributed by atoms with van der Waals surface area (Å²) in [5.74, 6) is 1.22. The second-order valence-corrected chi connectivity index (χ2v) is 6.17. The molecule has 0 saturated carbocycles. The van der Waals surface area contributed by atoms with Crippen molar-refractivity contribution in [2.75, 3.05) is 26.6 Å². The molecule has 0 unspecified atom stereocenters. The van der Waals surface area contributed by atoms with Crippen LogP contribution in [0.25, 0.3) is 22.2 Å². The van der Waals surface area contributed by atoms with Gasteiger partial charge in [0.2, 0.25) is 6.41 Å². The molecule has 0 aliphatic heterocycles. The maximum Gasteiger partial charge on any atom is 0.213 e. The number of benzene rings is 2. The van der Waals surface area contributed by atoms with Crippen LogP contribution in [-0.4, -0.2) is 38.7 Å². The van der Waals surface area contributed by atoms with E-state index in [0.717, 1.165) is 11.1 Å². The smallest absolute Gasteiger partial charge is 0.213 e. The minimum Gasteiger partial charge on any atom is -0.496 e. The van der Waals surface area contributed by atoms with Gasteiger partial charge in [-0.3, -0.25) is 15.5 Å². The first-order chi connectivity index (χ1) is 14.0. The number of anilines is 1. The number of hydrogen-bond donors (Lipinski definition) is 3. The highest BCUT2D eigenvalue weighted by Crippen LogP contribution is 2.44. The lowest BCUT2D eigenvalue weighted by atomic mass is 10.0. The number of nitrogens with one attached hydrogen (secondary N) is 3. The number of amides is 1. The molecule has 0 aliphatic rings. The summed E-state index contributed by atoms with van der Waals surface area (Å²) < 4.78 is 16.6. The van der Waals surface area contributed by atoms with Crippen molar-refractivity contribution < 1.29 is 19.0 Å². The van der Waals surface area contributed by atoms with Crippen LogP contribution in [0.5, 0.6) is 17.2 Å². The van der Waals surface area contributed by atoms with Gasteiger partial charge in [-0.05, 0) is 18.6 Å². The van der Waals surface area contributed by atoms with Crippen molar-refractivity contribution in [2.24, 2.45) is 0 Å². The fraction of sp³-hybridized carbons (Fsp3) is 0.190. The largest absolute Gasteiger partial charge is 0.496 e. The predicted molar refractivity (Wildman–Crippen MR) is 112 cm³/mol. The zero-order chi connectivity index (χ0) is 21.0. The van der Waals surface area contributed by atoms with Crippen LogP contribution < -0.4 is 24.8 Å². The van der Waals surface area contributed by atoms with E-state index in [-0.39, 0.29) is 5.96 Å². The highest BCUT2D eigenvalue weighted by molar-refractivity contribution is 6.09. The van der Waals surface area contributed by atoms with Crippen LogP contribution in [-0.2, 0) is 4.79 Å². The van der Waals surface area contributed by atoms with Crippen molar-refractivity contribution in [1.29, 1.82) is 5.41 Å². The first-order valence-electron chi connectivity index (χ1n) is 8.79. The number of fused-ring (bicyclic) bond motifs is 1. The Kier molecular flexibility index (Phi) is 5.82. The highest BCUT2D eigenvalue weighted by Gasteiger charge is 2.21. The maximum absolute atomic E-state index is 10.7. The van der Waals surface area contributed by atoms with Crippen molar-refractivity contribution >= 4 is 29.0 Å². The monoisotopic (exact) mass is 394 g/mol. The van der Waals surface area contributed by atoms with E-state index in [1.807, 2.05) is 31.2 Å². The molecule has 8 nitrogen and oxygen atoms in total. The maximum atomic E-state index is 10.7. The number of carbonyl (C=O) groups is 1. The summed E-state index contributed by atoms with van der Waals surface area (Å²) in [6.45, 7) is 1.99. The van der Waals surface area contributed by atoms with Gasteiger partial charge in [0.15, 0.2) is 17.5 Å². The number of rotatable bonds is 6. The van der Waals surface area contributed by atoms with Crippen LogP contribution >= 0.6 is 0 Å². The molecular formula is C21H22N4O4. The number of aromatic nitrogens is 1. The van der Waals surface area contributed by atoms with Gasteiger partial charge in [-0.15, -0.1) is 0 Å². The van der Waals surface area contributed by atoms with E-state index in [0.29, 0.717) is 45.9 Å². The number of aryl methyl sites for hydroxylation is 1. The van der Waals surface area contributed by atoms with Gasteiger partial charge in [-0.1, -0.05) is 24.3 Å². The number of hydrogen-bond acceptors (Lipinski definition) is 6. The van der Waals surface area contributed by atoms with Gasteiger partial charge in [-0.2, -0.15) is 0 Å². The molecule has 3 rings (SSSR count). The summed E-state index contributed by atoms with van der Waals surface area (Å²) in [6.07, 6.45) is 0.432. The first-order valence-corrected chi connectivity index (χ1v) is 8.79. The van der Waals surface area contributed by atoms with Crippen LogP contribution in [0.2, 0.25) is 0 Å². The predicted octanol–water partition coefficient (Wildman–Crippen LogP) is 3.33. The fourth-order valence-electron chi connectivity index (χ4n) is 3.17. The molecule has 0 aliphatic carbocycles. The van der Waals surface area contributed by atoms with E-state index in [1.54, 1.807) is 12.1 Å². The van der Waals surface area contributed by atoms with Crippen LogP contribution in [0.3, 0.4) is 0 Å². The molecule has 0 radical (unpaired) electrons. The minimum absolute atomic E-state index is 0.180. The summed E-state index contributed by atoms with van der Waals surface area (Å²) in [6, 6.07) is 11.3. The normalized spacial score (nSPS) is 10.3. The molecule has 3 N–H and O–H groups in total. The Morgan fingerprint density at radius 1 is 1.07 bits per heavy atom. The van der Waals surface area contributed by atoms with Crippen molar-refractivity contribution in [3.63, 3.8) is 0 Å². The van der Waals surface area contributed by atoms with Crippen LogP contribution in [0.4, 0.5) is 5.69 Å². The van der Waals surface area contributed by atoms with Crippen molar-refractivity contribution in [2.45, 2.75) is 6.92 Å². The third-order valence-electron chi connectivity index (χ3n) is 4.49. The molecular weight excluding hydrogens is 372 g/mol. The van der Waals surface area contributed by atoms with E-state index in [4.69, 9.17) is 24.6 Å². The lowest BCUT2D eigenvalue weighted by molar-refractivity contribution is -0.108. The second kappa shape index (κ2) is 8.47. The van der Waals surface area contributed by atoms with Gasteiger partial charge in [-0.25, -0.2) is 4.98 Å². The summed E-state index contributed by atoms with van der Waals surface area (Å²) >= 11 is 0. The first kappa shape index (κ1) is 19.9. The quantitative estimate of drug-likeness (QED) is 0.336. The number of pyridine rings is 1. The molecule has 3 aromatic rings. The van der Waals surface area contributed by atoms with E-state index in [2.05, 4.69) is 10.6 Å². The Morgan fingerprint density at radius 2 is 1.79 bits per heavy atom. The Labute approximate surface area is 168 Å². The Balaban J connectivity index is 2.39. The van der Waals surface area contributed by atoms with Crippen molar-refractivity contribution in [3.8, 4) is 28.5 Å². The molecule has 0 bridgehead atoms. The lowest BCUT2D eigenvalue weighted by Crippen LogP contribution is -2.28. The second-order valence-electron chi connectivity index (χ2n) is 6.17. The highest BCUT2D eigenvalue weighted by atomic mass is 16.5. The van der Waals surface area contributed by atoms with Gasteiger partial charge in [0, 0.05) is 11.6 Å². The molecule has 1 heterocycles. The Morgan fingerprint density at radius 3 is 2.41 bits per heavy atom. The van der Waals surface area contributed by atoms with Gasteiger partial charge in [0.25, 0.3) is 0 Å². The fourth-order valence-corrected chi connectivity index (χ4v) is 3.17. The van der Waals surface area contributed by atoms with E-state index >= 15 is 0 Å². The van der Waals surface area contributed by atoms with Crippen LogP contribution in [0, 0.1) is 12.3 Å². The van der Waals surface area contributed by atoms with Gasteiger partial charge in [0.05, 0.1) is 38.1 Å². The average molecular weight is 394 g/mol. The number of methoxy groups -OCH3 is 3. The number of carbonyl (C=O) groups excluding carboxylic acids is 1. The van der Waals surface area contributed by atoms with E-state index < -0.39 is 0 Å². The Hall–Kier alpha value is -3.81.